The van der Waals surface area contributed by atoms with Crippen LogP contribution in [-0.2, 0) is 11.3 Å². The largest absolute Gasteiger partial charge is 0.450 e. The first-order chi connectivity index (χ1) is 16.2. The van der Waals surface area contributed by atoms with Gasteiger partial charge in [-0.2, -0.15) is 0 Å². The first-order valence-electron chi connectivity index (χ1n) is 10.9. The number of thiazole rings is 1. The van der Waals surface area contributed by atoms with Crippen LogP contribution in [-0.4, -0.2) is 76.5 Å². The Hall–Kier alpha value is -2.56. The number of nitrogens with one attached hydrogen (secondary N) is 1. The molecule has 9 nitrogen and oxygen atoms in total. The van der Waals surface area contributed by atoms with Crippen LogP contribution in [0.2, 0.25) is 10.0 Å². The zero-order valence-electron chi connectivity index (χ0n) is 19.2. The molecule has 3 rings (SSSR count). The number of halogens is 2. The summed E-state index contributed by atoms with van der Waals surface area (Å²) in [4.78, 5) is 47.0. The molecule has 12 heteroatoms. The molecule has 2 aromatic rings. The van der Waals surface area contributed by atoms with Crippen molar-refractivity contribution >= 4 is 58.3 Å². The molecule has 0 bridgehead atoms. The van der Waals surface area contributed by atoms with Crippen LogP contribution in [0.4, 0.5) is 15.3 Å². The van der Waals surface area contributed by atoms with Gasteiger partial charge in [0.1, 0.15) is 10.7 Å². The van der Waals surface area contributed by atoms with E-state index in [4.69, 9.17) is 27.9 Å². The van der Waals surface area contributed by atoms with Crippen molar-refractivity contribution in [3.8, 4) is 0 Å². The van der Waals surface area contributed by atoms with Crippen LogP contribution in [0.25, 0.3) is 0 Å². The van der Waals surface area contributed by atoms with Crippen molar-refractivity contribution in [3.63, 3.8) is 0 Å². The number of carbonyl (C=O) groups is 3. The van der Waals surface area contributed by atoms with Gasteiger partial charge in [0.2, 0.25) is 0 Å². The molecule has 2 heterocycles. The number of amides is 4. The molecule has 0 saturated carbocycles. The van der Waals surface area contributed by atoms with E-state index in [1.165, 1.54) is 11.3 Å². The number of piperazine rings is 1. The second-order valence-electron chi connectivity index (χ2n) is 7.89. The van der Waals surface area contributed by atoms with Crippen molar-refractivity contribution in [2.45, 2.75) is 33.4 Å². The van der Waals surface area contributed by atoms with Gasteiger partial charge in [-0.05, 0) is 39.0 Å². The Kier molecular flexibility index (Phi) is 8.98. The highest BCUT2D eigenvalue weighted by Gasteiger charge is 2.27. The zero-order valence-corrected chi connectivity index (χ0v) is 21.5. The number of ether oxygens (including phenoxy) is 1. The van der Waals surface area contributed by atoms with E-state index in [1.807, 2.05) is 13.8 Å². The van der Waals surface area contributed by atoms with Crippen molar-refractivity contribution in [3.05, 3.63) is 44.3 Å². The lowest BCUT2D eigenvalue weighted by molar-refractivity contribution is 0.0566. The molecule has 184 valence electrons. The minimum Gasteiger partial charge on any atom is -0.450 e. The number of nitrogens with zero attached hydrogens (tertiary/aromatic N) is 4. The van der Waals surface area contributed by atoms with Crippen molar-refractivity contribution in [1.82, 2.24) is 19.7 Å². The fourth-order valence-corrected chi connectivity index (χ4v) is 4.42. The first-order valence-corrected chi connectivity index (χ1v) is 12.5. The van der Waals surface area contributed by atoms with Crippen LogP contribution in [0, 0.1) is 0 Å². The summed E-state index contributed by atoms with van der Waals surface area (Å²) in [6, 6.07) is 4.45. The lowest BCUT2D eigenvalue weighted by Gasteiger charge is -2.33. The topological polar surface area (TPSA) is 95.1 Å². The molecule has 1 aliphatic rings. The van der Waals surface area contributed by atoms with Crippen molar-refractivity contribution in [1.29, 1.82) is 0 Å². The predicted octanol–water partition coefficient (Wildman–Crippen LogP) is 4.81. The van der Waals surface area contributed by atoms with Gasteiger partial charge in [0.25, 0.3) is 5.91 Å². The van der Waals surface area contributed by atoms with E-state index in [2.05, 4.69) is 10.3 Å². The summed E-state index contributed by atoms with van der Waals surface area (Å²) in [6.07, 6.45) is -0.363. The van der Waals surface area contributed by atoms with E-state index >= 15 is 0 Å². The molecule has 1 aromatic carbocycles. The number of aromatic nitrogens is 1. The third kappa shape index (κ3) is 6.52. The van der Waals surface area contributed by atoms with E-state index in [-0.39, 0.29) is 30.6 Å². The van der Waals surface area contributed by atoms with Gasteiger partial charge in [-0.25, -0.2) is 14.6 Å². The van der Waals surface area contributed by atoms with Gasteiger partial charge in [-0.1, -0.05) is 23.2 Å². The Balaban J connectivity index is 1.60. The van der Waals surface area contributed by atoms with E-state index in [0.717, 1.165) is 0 Å². The molecular formula is C22H27Cl2N5O4S. The SMILES string of the molecule is CCOC(=O)N1CCN(C(=O)c2csc(CN(C(=O)Nc3ccc(Cl)c(Cl)c3)C(C)C)n2)CC1. The Labute approximate surface area is 212 Å². The van der Waals surface area contributed by atoms with E-state index < -0.39 is 0 Å². The first kappa shape index (κ1) is 26.1. The number of benzene rings is 1. The molecule has 0 atom stereocenters. The van der Waals surface area contributed by atoms with Gasteiger partial charge < -0.3 is 24.8 Å². The summed E-state index contributed by atoms with van der Waals surface area (Å²) < 4.78 is 5.01. The van der Waals surface area contributed by atoms with Crippen LogP contribution >= 0.6 is 34.5 Å². The maximum atomic E-state index is 12.9. The van der Waals surface area contributed by atoms with Gasteiger partial charge in [-0.3, -0.25) is 4.79 Å². The van der Waals surface area contributed by atoms with Gasteiger partial charge in [-0.15, -0.1) is 11.3 Å². The Morgan fingerprint density at radius 3 is 2.44 bits per heavy atom. The van der Waals surface area contributed by atoms with E-state index in [0.29, 0.717) is 59.2 Å². The van der Waals surface area contributed by atoms with Crippen LogP contribution in [0.3, 0.4) is 0 Å². The minimum atomic E-state index is -0.363. The summed E-state index contributed by atoms with van der Waals surface area (Å²) in [5, 5.41) is 5.92. The van der Waals surface area contributed by atoms with E-state index in [9.17, 15) is 14.4 Å². The number of hydrogen-bond acceptors (Lipinski definition) is 6. The maximum absolute atomic E-state index is 12.9. The van der Waals surface area contributed by atoms with Crippen molar-refractivity contribution < 1.29 is 19.1 Å². The van der Waals surface area contributed by atoms with Gasteiger partial charge in [0, 0.05) is 43.3 Å². The number of hydrogen-bond donors (Lipinski definition) is 1. The molecule has 1 fully saturated rings. The molecule has 1 aromatic heterocycles. The number of carbonyl (C=O) groups excluding carboxylic acids is 3. The van der Waals surface area contributed by atoms with Gasteiger partial charge in [0.05, 0.1) is 23.2 Å². The number of rotatable bonds is 6. The summed E-state index contributed by atoms with van der Waals surface area (Å²) in [5.74, 6) is -0.192. The average molecular weight is 528 g/mol. The highest BCUT2D eigenvalue weighted by atomic mass is 35.5. The standard InChI is InChI=1S/C22H27Cl2N5O4S/c1-4-33-22(32)28-9-7-27(8-10-28)20(30)18-13-34-19(26-18)12-29(14(2)3)21(31)25-15-5-6-16(23)17(24)11-15/h5-6,11,13-14H,4,7-10,12H2,1-3H3,(H,25,31). The van der Waals surface area contributed by atoms with Crippen LogP contribution in [0.5, 0.6) is 0 Å². The highest BCUT2D eigenvalue weighted by molar-refractivity contribution is 7.09. The molecule has 34 heavy (non-hydrogen) atoms. The lowest BCUT2D eigenvalue weighted by Crippen LogP contribution is -2.50. The van der Waals surface area contributed by atoms with Gasteiger partial charge >= 0.3 is 12.1 Å². The van der Waals surface area contributed by atoms with E-state index in [1.54, 1.807) is 45.2 Å². The molecule has 0 radical (unpaired) electrons. The number of anilines is 1. The van der Waals surface area contributed by atoms with Crippen LogP contribution < -0.4 is 5.32 Å². The molecule has 0 unspecified atom stereocenters. The maximum Gasteiger partial charge on any atom is 0.409 e. The fourth-order valence-electron chi connectivity index (χ4n) is 3.35. The summed E-state index contributed by atoms with van der Waals surface area (Å²) in [7, 11) is 0. The van der Waals surface area contributed by atoms with Gasteiger partial charge in [0.15, 0.2) is 0 Å². The predicted molar refractivity (Wildman–Crippen MR) is 133 cm³/mol. The molecule has 1 saturated heterocycles. The summed E-state index contributed by atoms with van der Waals surface area (Å²) >= 11 is 13.3. The third-order valence-corrected chi connectivity index (χ3v) is 6.80. The molecular weight excluding hydrogens is 501 g/mol. The Morgan fingerprint density at radius 2 is 1.82 bits per heavy atom. The monoisotopic (exact) mass is 527 g/mol. The lowest BCUT2D eigenvalue weighted by atomic mass is 10.3. The summed E-state index contributed by atoms with van der Waals surface area (Å²) in [6.45, 7) is 7.78. The Bertz CT molecular complexity index is 1040. The van der Waals surface area contributed by atoms with Crippen molar-refractivity contribution in [2.75, 3.05) is 38.1 Å². The smallest absolute Gasteiger partial charge is 0.409 e. The summed E-state index contributed by atoms with van der Waals surface area (Å²) in [5.41, 5.74) is 0.861. The van der Waals surface area contributed by atoms with Crippen LogP contribution in [0.1, 0.15) is 36.3 Å². The highest BCUT2D eigenvalue weighted by Crippen LogP contribution is 2.25. The molecule has 1 aliphatic heterocycles. The minimum absolute atomic E-state index is 0.109. The second kappa shape index (κ2) is 11.7. The number of urea groups is 1. The molecule has 1 N–H and O–H groups in total. The fraction of sp³-hybridized carbons (Fsp3) is 0.455. The Morgan fingerprint density at radius 1 is 1.15 bits per heavy atom. The molecule has 4 amide bonds. The quantitative estimate of drug-likeness (QED) is 0.581. The normalized spacial score (nSPS) is 13.7. The third-order valence-electron chi connectivity index (χ3n) is 5.22. The van der Waals surface area contributed by atoms with Crippen LogP contribution in [0.15, 0.2) is 23.6 Å². The second-order valence-corrected chi connectivity index (χ2v) is 9.64. The average Bonchev–Trinajstić information content (AvgIpc) is 3.28. The molecule has 0 aliphatic carbocycles. The molecule has 0 spiro atoms. The van der Waals surface area contributed by atoms with Crippen molar-refractivity contribution in [2.24, 2.45) is 0 Å². The zero-order chi connectivity index (χ0) is 24.8.